The number of benzene rings is 2. The summed E-state index contributed by atoms with van der Waals surface area (Å²) < 4.78 is 67.8. The van der Waals surface area contributed by atoms with Crippen LogP contribution in [0.3, 0.4) is 0 Å². The normalized spacial score (nSPS) is 13.8. The molecule has 3 aromatic rings. The number of fused-ring (bicyclic) bond motifs is 1. The number of pyridine rings is 1. The van der Waals surface area contributed by atoms with Gasteiger partial charge in [0.1, 0.15) is 0 Å². The molecule has 35 heavy (non-hydrogen) atoms. The number of sulfonamides is 1. The third kappa shape index (κ3) is 4.64. The maximum atomic E-state index is 13.2. The number of hydrogen-bond donors (Lipinski definition) is 1. The van der Waals surface area contributed by atoms with Crippen molar-refractivity contribution in [1.29, 1.82) is 0 Å². The highest BCUT2D eigenvalue weighted by Crippen LogP contribution is 2.38. The van der Waals surface area contributed by atoms with Crippen LogP contribution in [0.1, 0.15) is 31.8 Å². The van der Waals surface area contributed by atoms with Gasteiger partial charge in [-0.1, -0.05) is 23.2 Å². The van der Waals surface area contributed by atoms with Gasteiger partial charge >= 0.3 is 6.18 Å². The topological polar surface area (TPSA) is 110 Å². The fraction of sp³-hybridized carbons (Fsp3) is 0.0952. The molecule has 0 spiro atoms. The second-order valence-electron chi connectivity index (χ2n) is 7.36. The molecule has 0 unspecified atom stereocenters. The third-order valence-corrected chi connectivity index (χ3v) is 7.06. The van der Waals surface area contributed by atoms with Crippen molar-refractivity contribution in [3.05, 3.63) is 92.4 Å². The zero-order valence-electron chi connectivity index (χ0n) is 17.1. The van der Waals surface area contributed by atoms with E-state index in [1.54, 1.807) is 0 Å². The van der Waals surface area contributed by atoms with Crippen LogP contribution in [0.2, 0.25) is 10.0 Å². The Morgan fingerprint density at radius 2 is 1.66 bits per heavy atom. The molecule has 1 aliphatic heterocycles. The molecule has 14 heteroatoms. The van der Waals surface area contributed by atoms with Crippen molar-refractivity contribution in [1.82, 2.24) is 4.90 Å². The highest BCUT2D eigenvalue weighted by atomic mass is 35.5. The number of rotatable bonds is 5. The maximum absolute atomic E-state index is 13.2. The second kappa shape index (κ2) is 8.70. The minimum atomic E-state index is -4.91. The smallest absolute Gasteiger partial charge is 0.417 e. The molecule has 0 radical (unpaired) electrons. The first-order valence-electron chi connectivity index (χ1n) is 9.55. The van der Waals surface area contributed by atoms with Crippen LogP contribution in [0.4, 0.5) is 18.9 Å². The summed E-state index contributed by atoms with van der Waals surface area (Å²) in [6.07, 6.45) is -2.56. The van der Waals surface area contributed by atoms with Crippen LogP contribution < -0.4 is 9.45 Å². The van der Waals surface area contributed by atoms with Crippen LogP contribution in [0.25, 0.3) is 0 Å². The van der Waals surface area contributed by atoms with Crippen LogP contribution in [0.5, 0.6) is 0 Å². The van der Waals surface area contributed by atoms with E-state index < -0.39 is 43.5 Å². The molecule has 0 atom stereocenters. The van der Waals surface area contributed by atoms with Gasteiger partial charge in [0.15, 0.2) is 12.4 Å². The molecule has 0 saturated heterocycles. The van der Waals surface area contributed by atoms with Crippen LogP contribution in [0.15, 0.2) is 59.8 Å². The number of aromatic nitrogens is 1. The lowest BCUT2D eigenvalue weighted by atomic mass is 10.1. The summed E-state index contributed by atoms with van der Waals surface area (Å²) in [6.45, 7) is -0.302. The van der Waals surface area contributed by atoms with Crippen molar-refractivity contribution in [2.24, 2.45) is 0 Å². The van der Waals surface area contributed by atoms with E-state index in [9.17, 15) is 36.4 Å². The molecule has 0 saturated carbocycles. The van der Waals surface area contributed by atoms with Crippen molar-refractivity contribution >= 4 is 50.7 Å². The Labute approximate surface area is 206 Å². The van der Waals surface area contributed by atoms with E-state index in [1.165, 1.54) is 24.4 Å². The molecular formula is C21H12Cl2F3N3O5S. The van der Waals surface area contributed by atoms with Crippen molar-refractivity contribution in [3.63, 3.8) is 0 Å². The quantitative estimate of drug-likeness (QED) is 0.293. The molecule has 1 aliphatic rings. The van der Waals surface area contributed by atoms with E-state index in [0.29, 0.717) is 16.4 Å². The minimum absolute atomic E-state index is 0.137. The number of imide groups is 1. The van der Waals surface area contributed by atoms with Gasteiger partial charge in [-0.05, 0) is 36.4 Å². The van der Waals surface area contributed by atoms with Gasteiger partial charge in [0.25, 0.3) is 21.8 Å². The van der Waals surface area contributed by atoms with Crippen molar-refractivity contribution < 1.29 is 35.9 Å². The molecule has 4 rings (SSSR count). The molecule has 2 aromatic carbocycles. The van der Waals surface area contributed by atoms with E-state index in [0.717, 1.165) is 29.3 Å². The second-order valence-corrected chi connectivity index (χ2v) is 9.86. The lowest BCUT2D eigenvalue weighted by Crippen LogP contribution is -2.31. The van der Waals surface area contributed by atoms with E-state index in [2.05, 4.69) is 4.72 Å². The summed E-state index contributed by atoms with van der Waals surface area (Å²) in [6, 6.07) is 7.20. The number of halogens is 5. The average molecular weight is 546 g/mol. The van der Waals surface area contributed by atoms with Gasteiger partial charge in [0.05, 0.1) is 43.9 Å². The Bertz CT molecular complexity index is 1500. The largest absolute Gasteiger partial charge is 0.619 e. The summed E-state index contributed by atoms with van der Waals surface area (Å²) in [5, 5.41) is 10.7. The summed E-state index contributed by atoms with van der Waals surface area (Å²) in [7, 11) is -4.65. The Morgan fingerprint density at radius 1 is 1.00 bits per heavy atom. The van der Waals surface area contributed by atoms with Crippen molar-refractivity contribution in [2.75, 3.05) is 4.72 Å². The fourth-order valence-corrected chi connectivity index (χ4v) is 5.03. The SMILES string of the molecule is O=C1c2c(Cl)ccc(NS(=O)(=O)c3ccc(Cl)c(C(F)(F)F)c3)c2C(=O)N1Cc1ccc[n+]([O-])c1. The third-order valence-electron chi connectivity index (χ3n) is 5.05. The van der Waals surface area contributed by atoms with Gasteiger partial charge in [0.2, 0.25) is 0 Å². The van der Waals surface area contributed by atoms with E-state index in [1.807, 2.05) is 0 Å². The van der Waals surface area contributed by atoms with Gasteiger partial charge in [0, 0.05) is 11.6 Å². The molecular weight excluding hydrogens is 534 g/mol. The first-order valence-corrected chi connectivity index (χ1v) is 11.8. The number of carbonyl (C=O) groups excluding carboxylic acids is 2. The number of alkyl halides is 3. The van der Waals surface area contributed by atoms with Gasteiger partial charge in [-0.3, -0.25) is 19.2 Å². The highest BCUT2D eigenvalue weighted by Gasteiger charge is 2.41. The van der Waals surface area contributed by atoms with Gasteiger partial charge < -0.3 is 5.21 Å². The van der Waals surface area contributed by atoms with Crippen molar-refractivity contribution in [2.45, 2.75) is 17.6 Å². The van der Waals surface area contributed by atoms with Crippen LogP contribution in [-0.4, -0.2) is 25.1 Å². The molecule has 1 aromatic heterocycles. The Morgan fingerprint density at radius 3 is 2.31 bits per heavy atom. The Hall–Kier alpha value is -3.35. The molecule has 0 fully saturated rings. The number of anilines is 1. The summed E-state index contributed by atoms with van der Waals surface area (Å²) in [4.78, 5) is 26.0. The van der Waals surface area contributed by atoms with Gasteiger partial charge in [-0.25, -0.2) is 8.42 Å². The first-order chi connectivity index (χ1) is 16.3. The maximum Gasteiger partial charge on any atom is 0.417 e. The van der Waals surface area contributed by atoms with Gasteiger partial charge in [-0.2, -0.15) is 17.9 Å². The summed E-state index contributed by atoms with van der Waals surface area (Å²) >= 11 is 11.7. The lowest BCUT2D eigenvalue weighted by molar-refractivity contribution is -0.605. The molecule has 1 N–H and O–H groups in total. The minimum Gasteiger partial charge on any atom is -0.619 e. The fourth-order valence-electron chi connectivity index (χ4n) is 3.47. The number of hydrogen-bond acceptors (Lipinski definition) is 5. The number of nitrogens with zero attached hydrogens (tertiary/aromatic N) is 2. The van der Waals surface area contributed by atoms with Crippen LogP contribution in [-0.2, 0) is 22.7 Å². The number of nitrogens with one attached hydrogen (secondary N) is 1. The lowest BCUT2D eigenvalue weighted by Gasteiger charge is -2.15. The van der Waals surface area contributed by atoms with E-state index in [4.69, 9.17) is 23.2 Å². The standard InChI is InChI=1S/C21H12Cl2F3N3O5S/c22-14-4-3-12(8-13(14)21(24,25)26)35(33,34)27-16-6-5-15(23)17-18(16)20(31)29(19(17)30)10-11-2-1-7-28(32)9-11/h1-9,27H,10H2. The summed E-state index contributed by atoms with van der Waals surface area (Å²) in [5.41, 5.74) is -2.06. The molecule has 8 nitrogen and oxygen atoms in total. The first kappa shape index (κ1) is 24.8. The van der Waals surface area contributed by atoms with E-state index >= 15 is 0 Å². The van der Waals surface area contributed by atoms with Crippen LogP contribution in [0, 0.1) is 5.21 Å². The van der Waals surface area contributed by atoms with Crippen molar-refractivity contribution in [3.8, 4) is 0 Å². The highest BCUT2D eigenvalue weighted by molar-refractivity contribution is 7.92. The monoisotopic (exact) mass is 545 g/mol. The predicted molar refractivity (Wildman–Crippen MR) is 118 cm³/mol. The zero-order chi connectivity index (χ0) is 25.7. The molecule has 2 heterocycles. The number of amides is 2. The average Bonchev–Trinajstić information content (AvgIpc) is 3.01. The molecule has 182 valence electrons. The zero-order valence-corrected chi connectivity index (χ0v) is 19.5. The predicted octanol–water partition coefficient (Wildman–Crippen LogP) is 4.24. The van der Waals surface area contributed by atoms with E-state index in [-0.39, 0.29) is 28.4 Å². The van der Waals surface area contributed by atoms with Crippen LogP contribution >= 0.6 is 23.2 Å². The van der Waals surface area contributed by atoms with Gasteiger partial charge in [-0.15, -0.1) is 0 Å². The molecule has 2 amide bonds. The molecule has 0 bridgehead atoms. The number of carbonyl (C=O) groups is 2. The summed E-state index contributed by atoms with van der Waals surface area (Å²) in [5.74, 6) is -1.73. The Kier molecular flexibility index (Phi) is 6.16. The Balaban J connectivity index is 1.72. The molecule has 0 aliphatic carbocycles.